The third-order valence-corrected chi connectivity index (χ3v) is 4.47. The topological polar surface area (TPSA) is 35.5 Å². The number of nitrogens with one attached hydrogen (secondary N) is 1. The van der Waals surface area contributed by atoms with Crippen molar-refractivity contribution in [3.8, 4) is 0 Å². The molecule has 0 heterocycles. The summed E-state index contributed by atoms with van der Waals surface area (Å²) >= 11 is 0. The Morgan fingerprint density at radius 1 is 1.30 bits per heavy atom. The Hall–Kier alpha value is -0.330. The molecule has 2 rings (SSSR count). The van der Waals surface area contributed by atoms with Gasteiger partial charge in [0, 0.05) is 23.7 Å². The summed E-state index contributed by atoms with van der Waals surface area (Å²) in [5, 5.41) is 13.1. The number of hydrogen-bond acceptors (Lipinski definition) is 3. The molecule has 0 aromatic rings. The van der Waals surface area contributed by atoms with E-state index in [0.717, 1.165) is 19.3 Å². The monoisotopic (exact) mass is 294 g/mol. The SMILES string of the molecule is CC(C)N(CC(F)(F)F)C1CCC(CO)(NC2CC2)C1. The van der Waals surface area contributed by atoms with E-state index >= 15 is 0 Å². The molecule has 0 saturated heterocycles. The third-order valence-electron chi connectivity index (χ3n) is 4.47. The minimum atomic E-state index is -4.17. The molecule has 0 amide bonds. The van der Waals surface area contributed by atoms with Gasteiger partial charge in [0.25, 0.3) is 0 Å². The smallest absolute Gasteiger partial charge is 0.394 e. The van der Waals surface area contributed by atoms with Crippen molar-refractivity contribution in [1.82, 2.24) is 10.2 Å². The molecular weight excluding hydrogens is 269 g/mol. The third kappa shape index (κ3) is 4.09. The average molecular weight is 294 g/mol. The highest BCUT2D eigenvalue weighted by molar-refractivity contribution is 5.03. The maximum absolute atomic E-state index is 12.7. The molecule has 0 aromatic heterocycles. The molecule has 2 aliphatic rings. The molecule has 2 fully saturated rings. The van der Waals surface area contributed by atoms with E-state index < -0.39 is 12.7 Å². The Bertz CT molecular complexity index is 331. The molecule has 3 nitrogen and oxygen atoms in total. The van der Waals surface area contributed by atoms with Crippen LogP contribution < -0.4 is 5.32 Å². The van der Waals surface area contributed by atoms with Crippen molar-refractivity contribution >= 4 is 0 Å². The summed E-state index contributed by atoms with van der Waals surface area (Å²) in [6, 6.07) is 0.211. The van der Waals surface area contributed by atoms with E-state index in [1.165, 1.54) is 4.90 Å². The lowest BCUT2D eigenvalue weighted by atomic mass is 9.98. The number of nitrogens with zero attached hydrogens (tertiary/aromatic N) is 1. The summed E-state index contributed by atoms with van der Waals surface area (Å²) in [5.41, 5.74) is -0.370. The van der Waals surface area contributed by atoms with Crippen LogP contribution in [0.4, 0.5) is 13.2 Å². The maximum Gasteiger partial charge on any atom is 0.401 e. The van der Waals surface area contributed by atoms with Crippen molar-refractivity contribution in [3.05, 3.63) is 0 Å². The fraction of sp³-hybridized carbons (Fsp3) is 1.00. The van der Waals surface area contributed by atoms with Crippen molar-refractivity contribution < 1.29 is 18.3 Å². The van der Waals surface area contributed by atoms with Crippen LogP contribution in [-0.4, -0.2) is 53.0 Å². The molecule has 0 aromatic carbocycles. The maximum atomic E-state index is 12.7. The Labute approximate surface area is 118 Å². The lowest BCUT2D eigenvalue weighted by Gasteiger charge is -2.35. The van der Waals surface area contributed by atoms with E-state index in [2.05, 4.69) is 5.32 Å². The lowest BCUT2D eigenvalue weighted by Crippen LogP contribution is -2.50. The first-order valence-electron chi connectivity index (χ1n) is 7.46. The number of hydrogen-bond donors (Lipinski definition) is 2. The first-order valence-corrected chi connectivity index (χ1v) is 7.46. The zero-order valence-electron chi connectivity index (χ0n) is 12.2. The Balaban J connectivity index is 2.00. The van der Waals surface area contributed by atoms with E-state index in [1.807, 2.05) is 0 Å². The van der Waals surface area contributed by atoms with Crippen LogP contribution in [0.5, 0.6) is 0 Å². The Morgan fingerprint density at radius 3 is 2.40 bits per heavy atom. The summed E-state index contributed by atoms with van der Waals surface area (Å²) < 4.78 is 38.1. The predicted octanol–water partition coefficient (Wildman–Crippen LogP) is 2.29. The highest BCUT2D eigenvalue weighted by Crippen LogP contribution is 2.37. The zero-order chi connectivity index (χ0) is 15.0. The number of aliphatic hydroxyl groups excluding tert-OH is 1. The first kappa shape index (κ1) is 16.0. The van der Waals surface area contributed by atoms with Crippen molar-refractivity contribution in [2.45, 2.75) is 75.8 Å². The number of aliphatic hydroxyl groups is 1. The van der Waals surface area contributed by atoms with Crippen molar-refractivity contribution in [1.29, 1.82) is 0 Å². The van der Waals surface area contributed by atoms with Gasteiger partial charge in [0.1, 0.15) is 0 Å². The van der Waals surface area contributed by atoms with E-state index in [1.54, 1.807) is 13.8 Å². The van der Waals surface area contributed by atoms with Crippen LogP contribution in [0.1, 0.15) is 46.0 Å². The fourth-order valence-electron chi connectivity index (χ4n) is 3.30. The summed E-state index contributed by atoms with van der Waals surface area (Å²) in [4.78, 5) is 1.53. The molecule has 0 spiro atoms. The second-order valence-corrected chi connectivity index (χ2v) is 6.63. The van der Waals surface area contributed by atoms with Crippen LogP contribution in [0.3, 0.4) is 0 Å². The summed E-state index contributed by atoms with van der Waals surface area (Å²) in [5.74, 6) is 0. The van der Waals surface area contributed by atoms with Crippen LogP contribution in [-0.2, 0) is 0 Å². The van der Waals surface area contributed by atoms with Crippen LogP contribution in [0.15, 0.2) is 0 Å². The van der Waals surface area contributed by atoms with Crippen molar-refractivity contribution in [3.63, 3.8) is 0 Å². The molecule has 6 heteroatoms. The van der Waals surface area contributed by atoms with Crippen molar-refractivity contribution in [2.75, 3.05) is 13.2 Å². The van der Waals surface area contributed by atoms with Gasteiger partial charge in [0.15, 0.2) is 0 Å². The van der Waals surface area contributed by atoms with E-state index in [-0.39, 0.29) is 24.2 Å². The average Bonchev–Trinajstić information content (AvgIpc) is 3.03. The van der Waals surface area contributed by atoms with Crippen LogP contribution in [0.2, 0.25) is 0 Å². The normalized spacial score (nSPS) is 31.5. The van der Waals surface area contributed by atoms with Gasteiger partial charge in [-0.05, 0) is 46.0 Å². The van der Waals surface area contributed by atoms with E-state index in [4.69, 9.17) is 0 Å². The molecule has 2 atom stereocenters. The van der Waals surface area contributed by atoms with Gasteiger partial charge in [-0.3, -0.25) is 4.90 Å². The van der Waals surface area contributed by atoms with Gasteiger partial charge in [0.05, 0.1) is 13.2 Å². The van der Waals surface area contributed by atoms with Gasteiger partial charge in [-0.1, -0.05) is 0 Å². The minimum Gasteiger partial charge on any atom is -0.394 e. The highest BCUT2D eigenvalue weighted by Gasteiger charge is 2.45. The summed E-state index contributed by atoms with van der Waals surface area (Å²) in [6.45, 7) is 2.76. The van der Waals surface area contributed by atoms with Gasteiger partial charge >= 0.3 is 6.18 Å². The molecular formula is C14H25F3N2O. The quantitative estimate of drug-likeness (QED) is 0.789. The Kier molecular flexibility index (Phi) is 4.66. The number of halogens is 3. The summed E-state index contributed by atoms with van der Waals surface area (Å²) in [7, 11) is 0. The first-order chi connectivity index (χ1) is 9.25. The minimum absolute atomic E-state index is 0.0119. The molecule has 2 aliphatic carbocycles. The zero-order valence-corrected chi connectivity index (χ0v) is 12.2. The standard InChI is InChI=1S/C14H25F3N2O/c1-10(2)19(8-14(15,16)17)12-5-6-13(7-12,9-20)18-11-3-4-11/h10-12,18,20H,3-9H2,1-2H3. The second kappa shape index (κ2) is 5.81. The predicted molar refractivity (Wildman–Crippen MR) is 71.5 cm³/mol. The molecule has 2 saturated carbocycles. The van der Waals surface area contributed by atoms with Gasteiger partial charge in [0.2, 0.25) is 0 Å². The number of alkyl halides is 3. The van der Waals surface area contributed by atoms with E-state index in [0.29, 0.717) is 18.9 Å². The summed E-state index contributed by atoms with van der Waals surface area (Å²) in [6.07, 6.45) is 0.138. The molecule has 0 bridgehead atoms. The Morgan fingerprint density at radius 2 is 1.95 bits per heavy atom. The fourth-order valence-corrected chi connectivity index (χ4v) is 3.30. The highest BCUT2D eigenvalue weighted by atomic mass is 19.4. The van der Waals surface area contributed by atoms with Gasteiger partial charge in [-0.2, -0.15) is 13.2 Å². The number of rotatable bonds is 6. The van der Waals surface area contributed by atoms with Gasteiger partial charge in [-0.25, -0.2) is 0 Å². The molecule has 20 heavy (non-hydrogen) atoms. The largest absolute Gasteiger partial charge is 0.401 e. The molecule has 118 valence electrons. The molecule has 0 radical (unpaired) electrons. The van der Waals surface area contributed by atoms with Crippen molar-refractivity contribution in [2.24, 2.45) is 0 Å². The molecule has 2 N–H and O–H groups in total. The van der Waals surface area contributed by atoms with Crippen LogP contribution in [0.25, 0.3) is 0 Å². The molecule has 2 unspecified atom stereocenters. The van der Waals surface area contributed by atoms with Gasteiger partial charge < -0.3 is 10.4 Å². The lowest BCUT2D eigenvalue weighted by molar-refractivity contribution is -0.155. The molecule has 0 aliphatic heterocycles. The van der Waals surface area contributed by atoms with Gasteiger partial charge in [-0.15, -0.1) is 0 Å². The van der Waals surface area contributed by atoms with Crippen LogP contribution >= 0.6 is 0 Å². The van der Waals surface area contributed by atoms with Crippen LogP contribution in [0, 0.1) is 0 Å². The van der Waals surface area contributed by atoms with E-state index in [9.17, 15) is 18.3 Å². The second-order valence-electron chi connectivity index (χ2n) is 6.63.